The summed E-state index contributed by atoms with van der Waals surface area (Å²) in [6, 6.07) is 17.0. The van der Waals surface area contributed by atoms with Gasteiger partial charge in [0.15, 0.2) is 5.11 Å². The molecule has 0 aliphatic rings. The SMILES string of the molecule is CCOc1cccc(NC(=S)NC(=O)/C=C/c2ccccc2)c1. The van der Waals surface area contributed by atoms with Gasteiger partial charge in [-0.05, 0) is 42.9 Å². The molecule has 118 valence electrons. The fourth-order valence-electron chi connectivity index (χ4n) is 1.88. The van der Waals surface area contributed by atoms with Crippen molar-refractivity contribution >= 4 is 35.0 Å². The maximum absolute atomic E-state index is 11.8. The molecule has 0 saturated heterocycles. The number of ether oxygens (including phenoxy) is 1. The molecule has 2 aromatic rings. The van der Waals surface area contributed by atoms with Gasteiger partial charge in [0.25, 0.3) is 0 Å². The van der Waals surface area contributed by atoms with Gasteiger partial charge in [0, 0.05) is 17.8 Å². The second kappa shape index (κ2) is 8.70. The summed E-state index contributed by atoms with van der Waals surface area (Å²) in [6.07, 6.45) is 3.17. The molecule has 0 spiro atoms. The van der Waals surface area contributed by atoms with Crippen molar-refractivity contribution in [3.63, 3.8) is 0 Å². The molecule has 0 fully saturated rings. The van der Waals surface area contributed by atoms with Gasteiger partial charge in [-0.15, -0.1) is 0 Å². The first-order valence-electron chi connectivity index (χ1n) is 7.25. The average molecular weight is 326 g/mol. The van der Waals surface area contributed by atoms with E-state index in [9.17, 15) is 4.79 Å². The van der Waals surface area contributed by atoms with E-state index in [1.807, 2.05) is 61.5 Å². The van der Waals surface area contributed by atoms with E-state index in [0.29, 0.717) is 6.61 Å². The highest BCUT2D eigenvalue weighted by Crippen LogP contribution is 2.17. The Morgan fingerprint density at radius 3 is 2.70 bits per heavy atom. The van der Waals surface area contributed by atoms with E-state index in [-0.39, 0.29) is 11.0 Å². The molecule has 0 atom stereocenters. The lowest BCUT2D eigenvalue weighted by molar-refractivity contribution is -0.115. The third kappa shape index (κ3) is 5.92. The first kappa shape index (κ1) is 16.7. The molecule has 0 aromatic heterocycles. The van der Waals surface area contributed by atoms with Gasteiger partial charge >= 0.3 is 0 Å². The molecular weight excluding hydrogens is 308 g/mol. The van der Waals surface area contributed by atoms with Gasteiger partial charge in [-0.25, -0.2) is 0 Å². The Morgan fingerprint density at radius 1 is 1.17 bits per heavy atom. The molecular formula is C18H18N2O2S. The second-order valence-corrected chi connectivity index (χ2v) is 5.06. The number of carbonyl (C=O) groups excluding carboxylic acids is 1. The van der Waals surface area contributed by atoms with E-state index in [2.05, 4.69) is 10.6 Å². The fourth-order valence-corrected chi connectivity index (χ4v) is 2.10. The van der Waals surface area contributed by atoms with Crippen LogP contribution in [-0.2, 0) is 4.79 Å². The first-order chi connectivity index (χ1) is 11.2. The van der Waals surface area contributed by atoms with Gasteiger partial charge in [0.2, 0.25) is 5.91 Å². The van der Waals surface area contributed by atoms with Crippen molar-refractivity contribution in [2.75, 3.05) is 11.9 Å². The second-order valence-electron chi connectivity index (χ2n) is 4.65. The van der Waals surface area contributed by atoms with Crippen LogP contribution in [0.2, 0.25) is 0 Å². The lowest BCUT2D eigenvalue weighted by Gasteiger charge is -2.10. The summed E-state index contributed by atoms with van der Waals surface area (Å²) in [5, 5.41) is 5.80. The van der Waals surface area contributed by atoms with E-state index in [1.165, 1.54) is 6.08 Å². The standard InChI is InChI=1S/C18H18N2O2S/c1-2-22-16-10-6-9-15(13-16)19-18(23)20-17(21)12-11-14-7-4-3-5-8-14/h3-13H,2H2,1H3,(H2,19,20,21,23)/b12-11+. The van der Waals surface area contributed by atoms with Crippen molar-refractivity contribution < 1.29 is 9.53 Å². The van der Waals surface area contributed by atoms with Crippen LogP contribution in [0.1, 0.15) is 12.5 Å². The molecule has 4 nitrogen and oxygen atoms in total. The van der Waals surface area contributed by atoms with Crippen LogP contribution in [0.5, 0.6) is 5.75 Å². The number of hydrogen-bond acceptors (Lipinski definition) is 3. The molecule has 0 aliphatic heterocycles. The van der Waals surface area contributed by atoms with E-state index >= 15 is 0 Å². The van der Waals surface area contributed by atoms with Crippen molar-refractivity contribution in [1.82, 2.24) is 5.32 Å². The quantitative estimate of drug-likeness (QED) is 0.651. The molecule has 0 saturated carbocycles. The number of carbonyl (C=O) groups is 1. The number of benzene rings is 2. The van der Waals surface area contributed by atoms with Crippen molar-refractivity contribution in [1.29, 1.82) is 0 Å². The third-order valence-electron chi connectivity index (χ3n) is 2.87. The first-order valence-corrected chi connectivity index (χ1v) is 7.66. The normalized spacial score (nSPS) is 10.3. The highest BCUT2D eigenvalue weighted by Gasteiger charge is 2.02. The van der Waals surface area contributed by atoms with Gasteiger partial charge in [-0.1, -0.05) is 36.4 Å². The lowest BCUT2D eigenvalue weighted by Crippen LogP contribution is -2.32. The zero-order valence-corrected chi connectivity index (χ0v) is 13.6. The topological polar surface area (TPSA) is 50.4 Å². The van der Waals surface area contributed by atoms with E-state index < -0.39 is 0 Å². The number of thiocarbonyl (C=S) groups is 1. The third-order valence-corrected chi connectivity index (χ3v) is 3.07. The molecule has 0 heterocycles. The summed E-state index contributed by atoms with van der Waals surface area (Å²) in [7, 11) is 0. The maximum atomic E-state index is 11.8. The number of amides is 1. The van der Waals surface area contributed by atoms with E-state index in [4.69, 9.17) is 17.0 Å². The predicted octanol–water partition coefficient (Wildman–Crippen LogP) is 3.61. The molecule has 0 radical (unpaired) electrons. The van der Waals surface area contributed by atoms with Gasteiger partial charge in [0.05, 0.1) is 6.61 Å². The van der Waals surface area contributed by atoms with Crippen molar-refractivity contribution in [2.24, 2.45) is 0 Å². The monoisotopic (exact) mass is 326 g/mol. The van der Waals surface area contributed by atoms with E-state index in [1.54, 1.807) is 6.08 Å². The number of hydrogen-bond donors (Lipinski definition) is 2. The van der Waals surface area contributed by atoms with Crippen molar-refractivity contribution in [2.45, 2.75) is 6.92 Å². The summed E-state index contributed by atoms with van der Waals surface area (Å²) in [5.41, 5.74) is 1.71. The summed E-state index contributed by atoms with van der Waals surface area (Å²) < 4.78 is 5.41. The zero-order chi connectivity index (χ0) is 16.5. The van der Waals surface area contributed by atoms with Crippen molar-refractivity contribution in [3.05, 3.63) is 66.2 Å². The van der Waals surface area contributed by atoms with Gasteiger partial charge in [0.1, 0.15) is 5.75 Å². The van der Waals surface area contributed by atoms with E-state index in [0.717, 1.165) is 17.0 Å². The summed E-state index contributed by atoms with van der Waals surface area (Å²) in [4.78, 5) is 11.8. The van der Waals surface area contributed by atoms with Crippen LogP contribution in [0.15, 0.2) is 60.7 Å². The Balaban J connectivity index is 1.88. The minimum absolute atomic E-state index is 0.237. The smallest absolute Gasteiger partial charge is 0.250 e. The number of rotatable bonds is 5. The molecule has 5 heteroatoms. The maximum Gasteiger partial charge on any atom is 0.250 e. The molecule has 0 aliphatic carbocycles. The molecule has 0 unspecified atom stereocenters. The highest BCUT2D eigenvalue weighted by atomic mass is 32.1. The summed E-state index contributed by atoms with van der Waals surface area (Å²) in [5.74, 6) is 0.461. The molecule has 2 rings (SSSR count). The summed E-state index contributed by atoms with van der Waals surface area (Å²) >= 11 is 5.13. The lowest BCUT2D eigenvalue weighted by atomic mass is 10.2. The molecule has 0 bridgehead atoms. The average Bonchev–Trinajstić information content (AvgIpc) is 2.54. The van der Waals surface area contributed by atoms with Crippen LogP contribution in [-0.4, -0.2) is 17.6 Å². The van der Waals surface area contributed by atoms with Crippen molar-refractivity contribution in [3.8, 4) is 5.75 Å². The Bertz CT molecular complexity index is 699. The number of nitrogens with one attached hydrogen (secondary N) is 2. The van der Waals surface area contributed by atoms with Crippen LogP contribution < -0.4 is 15.4 Å². The van der Waals surface area contributed by atoms with Gasteiger partial charge in [-0.3, -0.25) is 10.1 Å². The van der Waals surface area contributed by atoms with Gasteiger partial charge < -0.3 is 10.1 Å². The van der Waals surface area contributed by atoms with Crippen LogP contribution in [0.25, 0.3) is 6.08 Å². The van der Waals surface area contributed by atoms with Crippen LogP contribution in [0.4, 0.5) is 5.69 Å². The van der Waals surface area contributed by atoms with Crippen LogP contribution >= 0.6 is 12.2 Å². The number of anilines is 1. The minimum Gasteiger partial charge on any atom is -0.494 e. The molecule has 23 heavy (non-hydrogen) atoms. The minimum atomic E-state index is -0.285. The highest BCUT2D eigenvalue weighted by molar-refractivity contribution is 7.80. The predicted molar refractivity (Wildman–Crippen MR) is 97.5 cm³/mol. The zero-order valence-electron chi connectivity index (χ0n) is 12.8. The van der Waals surface area contributed by atoms with Gasteiger partial charge in [-0.2, -0.15) is 0 Å². The Kier molecular flexibility index (Phi) is 6.32. The molecule has 2 N–H and O–H groups in total. The Hall–Kier alpha value is -2.66. The molecule has 1 amide bonds. The summed E-state index contributed by atoms with van der Waals surface area (Å²) in [6.45, 7) is 2.51. The Labute approximate surface area is 141 Å². The van der Waals surface area contributed by atoms with Crippen LogP contribution in [0, 0.1) is 0 Å². The Morgan fingerprint density at radius 2 is 1.96 bits per heavy atom. The largest absolute Gasteiger partial charge is 0.494 e. The van der Waals surface area contributed by atoms with Crippen LogP contribution in [0.3, 0.4) is 0 Å². The fraction of sp³-hybridized carbons (Fsp3) is 0.111. The molecule has 2 aromatic carbocycles.